The fraction of sp³-hybridized carbons (Fsp3) is 0.786. The molecule has 3 nitrogen and oxygen atoms in total. The van der Waals surface area contributed by atoms with E-state index in [0.29, 0.717) is 12.6 Å². The molecule has 0 bridgehead atoms. The van der Waals surface area contributed by atoms with Crippen molar-refractivity contribution in [3.8, 4) is 0 Å². The maximum absolute atomic E-state index is 11.2. The molecule has 0 rings (SSSR count). The number of hydrogen-bond acceptors (Lipinski definition) is 3. The standard InChI is InChI=1S/C14H27NO2/c1-5-9-14(16)17-12-11-15(10-6-2)13(7-3)8-4/h5,9,13H,6-8,10-12H2,1-4H3/b9-5-. The molecule has 0 aliphatic heterocycles. The maximum atomic E-state index is 11.2. The molecule has 0 radical (unpaired) electrons. The van der Waals surface area contributed by atoms with Gasteiger partial charge in [-0.2, -0.15) is 0 Å². The highest BCUT2D eigenvalue weighted by Crippen LogP contribution is 2.08. The van der Waals surface area contributed by atoms with E-state index in [4.69, 9.17) is 4.74 Å². The molecule has 0 aromatic carbocycles. The Bertz CT molecular complexity index is 222. The smallest absolute Gasteiger partial charge is 0.330 e. The highest BCUT2D eigenvalue weighted by molar-refractivity contribution is 5.81. The summed E-state index contributed by atoms with van der Waals surface area (Å²) in [4.78, 5) is 13.6. The monoisotopic (exact) mass is 241 g/mol. The number of nitrogens with zero attached hydrogens (tertiary/aromatic N) is 1. The van der Waals surface area contributed by atoms with Crippen molar-refractivity contribution >= 4 is 5.97 Å². The zero-order chi connectivity index (χ0) is 13.1. The fourth-order valence-corrected chi connectivity index (χ4v) is 2.02. The van der Waals surface area contributed by atoms with Gasteiger partial charge in [-0.25, -0.2) is 4.79 Å². The van der Waals surface area contributed by atoms with Gasteiger partial charge >= 0.3 is 5.97 Å². The molecule has 0 spiro atoms. The number of carbonyl (C=O) groups excluding carboxylic acids is 1. The minimum atomic E-state index is -0.242. The lowest BCUT2D eigenvalue weighted by Crippen LogP contribution is -2.37. The van der Waals surface area contributed by atoms with Crippen molar-refractivity contribution in [2.75, 3.05) is 19.7 Å². The second-order valence-electron chi connectivity index (χ2n) is 4.17. The molecule has 0 unspecified atom stereocenters. The summed E-state index contributed by atoms with van der Waals surface area (Å²) in [7, 11) is 0. The van der Waals surface area contributed by atoms with Gasteiger partial charge in [-0.1, -0.05) is 26.8 Å². The number of esters is 1. The molecule has 0 saturated heterocycles. The summed E-state index contributed by atoms with van der Waals surface area (Å²) in [5, 5.41) is 0. The van der Waals surface area contributed by atoms with Crippen LogP contribution < -0.4 is 0 Å². The Morgan fingerprint density at radius 3 is 2.35 bits per heavy atom. The van der Waals surface area contributed by atoms with Crippen molar-refractivity contribution in [1.29, 1.82) is 0 Å². The molecule has 0 heterocycles. The predicted octanol–water partition coefficient (Wildman–Crippen LogP) is 3.01. The molecule has 100 valence electrons. The Morgan fingerprint density at radius 2 is 1.88 bits per heavy atom. The number of allylic oxidation sites excluding steroid dienone is 1. The summed E-state index contributed by atoms with van der Waals surface area (Å²) in [5.74, 6) is -0.242. The average molecular weight is 241 g/mol. The Kier molecular flexibility index (Phi) is 9.83. The molecule has 0 fully saturated rings. The van der Waals surface area contributed by atoms with Crippen molar-refractivity contribution < 1.29 is 9.53 Å². The van der Waals surface area contributed by atoms with Gasteiger partial charge in [0.1, 0.15) is 6.61 Å². The van der Waals surface area contributed by atoms with E-state index in [9.17, 15) is 4.79 Å². The largest absolute Gasteiger partial charge is 0.461 e. The summed E-state index contributed by atoms with van der Waals surface area (Å²) in [6.07, 6.45) is 6.60. The van der Waals surface area contributed by atoms with E-state index in [0.717, 1.165) is 32.4 Å². The third-order valence-corrected chi connectivity index (χ3v) is 2.90. The zero-order valence-corrected chi connectivity index (χ0v) is 11.7. The van der Waals surface area contributed by atoms with Crippen LogP contribution in [0.4, 0.5) is 0 Å². The second-order valence-corrected chi connectivity index (χ2v) is 4.17. The maximum Gasteiger partial charge on any atom is 0.330 e. The van der Waals surface area contributed by atoms with Gasteiger partial charge in [-0.05, 0) is 32.7 Å². The predicted molar refractivity (Wildman–Crippen MR) is 72.0 cm³/mol. The van der Waals surface area contributed by atoms with Crippen LogP contribution >= 0.6 is 0 Å². The van der Waals surface area contributed by atoms with Gasteiger partial charge in [0.05, 0.1) is 0 Å². The van der Waals surface area contributed by atoms with Crippen LogP contribution in [0, 0.1) is 0 Å². The quantitative estimate of drug-likeness (QED) is 0.459. The molecule has 0 aliphatic rings. The summed E-state index contributed by atoms with van der Waals surface area (Å²) in [5.41, 5.74) is 0. The van der Waals surface area contributed by atoms with E-state index in [-0.39, 0.29) is 5.97 Å². The first-order chi connectivity index (χ1) is 8.19. The van der Waals surface area contributed by atoms with Gasteiger partial charge in [0.15, 0.2) is 0 Å². The SMILES string of the molecule is C/C=C\C(=O)OCCN(CCC)C(CC)CC. The minimum Gasteiger partial charge on any atom is -0.461 e. The highest BCUT2D eigenvalue weighted by Gasteiger charge is 2.14. The first-order valence-corrected chi connectivity index (χ1v) is 6.72. The lowest BCUT2D eigenvalue weighted by molar-refractivity contribution is -0.138. The third-order valence-electron chi connectivity index (χ3n) is 2.90. The molecule has 0 saturated carbocycles. The molecule has 0 aromatic rings. The molecular weight excluding hydrogens is 214 g/mol. The van der Waals surface area contributed by atoms with Crippen molar-refractivity contribution in [2.24, 2.45) is 0 Å². The number of hydrogen-bond donors (Lipinski definition) is 0. The van der Waals surface area contributed by atoms with Crippen LogP contribution in [0.1, 0.15) is 47.0 Å². The van der Waals surface area contributed by atoms with Crippen molar-refractivity contribution in [2.45, 2.75) is 53.0 Å². The molecule has 0 amide bonds. The van der Waals surface area contributed by atoms with E-state index < -0.39 is 0 Å². The average Bonchev–Trinajstić information content (AvgIpc) is 2.31. The Balaban J connectivity index is 4.03. The Labute approximate surface area is 106 Å². The minimum absolute atomic E-state index is 0.242. The van der Waals surface area contributed by atoms with E-state index in [1.807, 2.05) is 6.92 Å². The van der Waals surface area contributed by atoms with Crippen LogP contribution in [0.3, 0.4) is 0 Å². The van der Waals surface area contributed by atoms with Gasteiger partial charge in [0.2, 0.25) is 0 Å². The molecule has 0 N–H and O–H groups in total. The van der Waals surface area contributed by atoms with Crippen molar-refractivity contribution in [1.82, 2.24) is 4.90 Å². The van der Waals surface area contributed by atoms with Crippen LogP contribution in [0.15, 0.2) is 12.2 Å². The Morgan fingerprint density at radius 1 is 1.24 bits per heavy atom. The van der Waals surface area contributed by atoms with Gasteiger partial charge in [0, 0.05) is 18.7 Å². The fourth-order valence-electron chi connectivity index (χ4n) is 2.02. The number of rotatable bonds is 9. The molecule has 3 heteroatoms. The van der Waals surface area contributed by atoms with Crippen LogP contribution in [0.2, 0.25) is 0 Å². The third kappa shape index (κ3) is 7.16. The first-order valence-electron chi connectivity index (χ1n) is 6.72. The van der Waals surface area contributed by atoms with E-state index in [2.05, 4.69) is 25.7 Å². The second kappa shape index (κ2) is 10.3. The first kappa shape index (κ1) is 16.2. The van der Waals surface area contributed by atoms with Gasteiger partial charge in [0.25, 0.3) is 0 Å². The molecule has 0 atom stereocenters. The summed E-state index contributed by atoms with van der Waals surface area (Å²) in [6, 6.07) is 0.607. The van der Waals surface area contributed by atoms with E-state index >= 15 is 0 Å². The molecular formula is C14H27NO2. The summed E-state index contributed by atoms with van der Waals surface area (Å²) < 4.78 is 5.13. The van der Waals surface area contributed by atoms with Crippen molar-refractivity contribution in [3.05, 3.63) is 12.2 Å². The lowest BCUT2D eigenvalue weighted by Gasteiger charge is -2.29. The highest BCUT2D eigenvalue weighted by atomic mass is 16.5. The zero-order valence-electron chi connectivity index (χ0n) is 11.7. The van der Waals surface area contributed by atoms with Gasteiger partial charge < -0.3 is 4.74 Å². The van der Waals surface area contributed by atoms with Crippen LogP contribution in [-0.4, -0.2) is 36.6 Å². The number of carbonyl (C=O) groups is 1. The summed E-state index contributed by atoms with van der Waals surface area (Å²) >= 11 is 0. The molecule has 17 heavy (non-hydrogen) atoms. The lowest BCUT2D eigenvalue weighted by atomic mass is 10.1. The number of ether oxygens (including phenoxy) is 1. The summed E-state index contributed by atoms with van der Waals surface area (Å²) in [6.45, 7) is 10.8. The molecule has 0 aromatic heterocycles. The van der Waals surface area contributed by atoms with Crippen LogP contribution in [-0.2, 0) is 9.53 Å². The normalized spacial score (nSPS) is 11.6. The Hall–Kier alpha value is -0.830. The van der Waals surface area contributed by atoms with Gasteiger partial charge in [-0.15, -0.1) is 0 Å². The van der Waals surface area contributed by atoms with Gasteiger partial charge in [-0.3, -0.25) is 4.90 Å². The molecule has 0 aliphatic carbocycles. The van der Waals surface area contributed by atoms with Crippen LogP contribution in [0.5, 0.6) is 0 Å². The van der Waals surface area contributed by atoms with Crippen LogP contribution in [0.25, 0.3) is 0 Å². The van der Waals surface area contributed by atoms with E-state index in [1.165, 1.54) is 6.08 Å². The van der Waals surface area contributed by atoms with Crippen molar-refractivity contribution in [3.63, 3.8) is 0 Å². The topological polar surface area (TPSA) is 29.5 Å². The van der Waals surface area contributed by atoms with E-state index in [1.54, 1.807) is 6.08 Å².